The number of likely N-dealkylation sites (N-methyl/N-ethyl adjacent to an activating group) is 2. The number of nitrogens with one attached hydrogen (secondary N) is 1. The van der Waals surface area contributed by atoms with Crippen LogP contribution in [0, 0.1) is 0 Å². The monoisotopic (exact) mass is 381 g/mol. The lowest BCUT2D eigenvalue weighted by Crippen LogP contribution is -2.37. The van der Waals surface area contributed by atoms with Gasteiger partial charge in [0.1, 0.15) is 11.5 Å². The summed E-state index contributed by atoms with van der Waals surface area (Å²) in [5, 5.41) is 2.81. The van der Waals surface area contributed by atoms with E-state index in [0.29, 0.717) is 23.6 Å². The topological polar surface area (TPSA) is 78.9 Å². The first-order valence-electron chi connectivity index (χ1n) is 8.91. The fourth-order valence-corrected chi connectivity index (χ4v) is 2.83. The standard InChI is InChI=1S/C21H23N3O4/c1-23(14-17-8-6-12-28-17)15-20(25)24(2)19-10-4-3-9-18(19)21(26)22-13-16-7-5-11-27-16/h3-12H,13-15H2,1-2H3,(H,22,26). The molecule has 0 saturated heterocycles. The molecule has 7 heteroatoms. The van der Waals surface area contributed by atoms with Crippen molar-refractivity contribution in [3.05, 3.63) is 78.1 Å². The fraction of sp³-hybridized carbons (Fsp3) is 0.238. The van der Waals surface area contributed by atoms with Gasteiger partial charge >= 0.3 is 0 Å². The van der Waals surface area contributed by atoms with E-state index in [1.54, 1.807) is 56.0 Å². The van der Waals surface area contributed by atoms with Gasteiger partial charge in [0.2, 0.25) is 5.91 Å². The minimum absolute atomic E-state index is 0.125. The molecule has 2 aromatic heterocycles. The maximum atomic E-state index is 12.7. The van der Waals surface area contributed by atoms with Gasteiger partial charge in [0.15, 0.2) is 0 Å². The Balaban J connectivity index is 1.64. The van der Waals surface area contributed by atoms with Crippen molar-refractivity contribution in [3.8, 4) is 0 Å². The molecule has 2 heterocycles. The van der Waals surface area contributed by atoms with E-state index in [2.05, 4.69) is 5.32 Å². The van der Waals surface area contributed by atoms with Gasteiger partial charge < -0.3 is 19.1 Å². The van der Waals surface area contributed by atoms with Crippen LogP contribution in [-0.2, 0) is 17.9 Å². The molecule has 1 aromatic carbocycles. The van der Waals surface area contributed by atoms with E-state index >= 15 is 0 Å². The second-order valence-electron chi connectivity index (χ2n) is 6.48. The molecule has 0 aliphatic heterocycles. The highest BCUT2D eigenvalue weighted by molar-refractivity contribution is 6.04. The Morgan fingerprint density at radius 2 is 1.61 bits per heavy atom. The zero-order chi connectivity index (χ0) is 19.9. The first-order chi connectivity index (χ1) is 13.5. The van der Waals surface area contributed by atoms with Gasteiger partial charge in [-0.15, -0.1) is 0 Å². The van der Waals surface area contributed by atoms with Crippen molar-refractivity contribution in [2.75, 3.05) is 25.5 Å². The number of benzene rings is 1. The number of hydrogen-bond acceptors (Lipinski definition) is 5. The lowest BCUT2D eigenvalue weighted by molar-refractivity contribution is -0.119. The van der Waals surface area contributed by atoms with Gasteiger partial charge in [0.25, 0.3) is 5.91 Å². The highest BCUT2D eigenvalue weighted by Crippen LogP contribution is 2.20. The summed E-state index contributed by atoms with van der Waals surface area (Å²) >= 11 is 0. The van der Waals surface area contributed by atoms with Crippen LogP contribution in [0.4, 0.5) is 5.69 Å². The van der Waals surface area contributed by atoms with Crippen LogP contribution in [0.25, 0.3) is 0 Å². The molecule has 28 heavy (non-hydrogen) atoms. The summed E-state index contributed by atoms with van der Waals surface area (Å²) in [6, 6.07) is 14.3. The Morgan fingerprint density at radius 3 is 2.29 bits per heavy atom. The average molecular weight is 381 g/mol. The summed E-state index contributed by atoms with van der Waals surface area (Å²) in [5.74, 6) is 1.06. The minimum atomic E-state index is -0.268. The van der Waals surface area contributed by atoms with Gasteiger partial charge in [0.05, 0.1) is 43.4 Å². The predicted octanol–water partition coefficient (Wildman–Crippen LogP) is 2.90. The molecule has 0 fully saturated rings. The molecule has 146 valence electrons. The predicted molar refractivity (Wildman–Crippen MR) is 105 cm³/mol. The third kappa shape index (κ3) is 4.89. The second kappa shape index (κ2) is 9.05. The van der Waals surface area contributed by atoms with Crippen molar-refractivity contribution in [3.63, 3.8) is 0 Å². The Bertz CT molecular complexity index is 904. The third-order valence-electron chi connectivity index (χ3n) is 4.30. The molecule has 7 nitrogen and oxygen atoms in total. The van der Waals surface area contributed by atoms with Crippen molar-refractivity contribution in [2.45, 2.75) is 13.1 Å². The van der Waals surface area contributed by atoms with E-state index in [9.17, 15) is 9.59 Å². The lowest BCUT2D eigenvalue weighted by atomic mass is 10.1. The third-order valence-corrected chi connectivity index (χ3v) is 4.30. The van der Waals surface area contributed by atoms with Crippen molar-refractivity contribution >= 4 is 17.5 Å². The van der Waals surface area contributed by atoms with Crippen molar-refractivity contribution in [1.82, 2.24) is 10.2 Å². The molecule has 0 saturated carbocycles. The molecule has 0 aliphatic carbocycles. The number of amides is 2. The van der Waals surface area contributed by atoms with Crippen LogP contribution in [0.2, 0.25) is 0 Å². The molecule has 2 amide bonds. The molecule has 1 N–H and O–H groups in total. The van der Waals surface area contributed by atoms with Crippen LogP contribution in [0.3, 0.4) is 0 Å². The smallest absolute Gasteiger partial charge is 0.253 e. The van der Waals surface area contributed by atoms with Gasteiger partial charge in [-0.2, -0.15) is 0 Å². The molecule has 3 aromatic rings. The molecule has 0 radical (unpaired) electrons. The van der Waals surface area contributed by atoms with Crippen LogP contribution in [0.15, 0.2) is 69.9 Å². The lowest BCUT2D eigenvalue weighted by Gasteiger charge is -2.23. The maximum absolute atomic E-state index is 12.7. The van der Waals surface area contributed by atoms with Gasteiger partial charge in [-0.05, 0) is 43.4 Å². The van der Waals surface area contributed by atoms with Crippen LogP contribution >= 0.6 is 0 Å². The molecule has 0 unspecified atom stereocenters. The zero-order valence-electron chi connectivity index (χ0n) is 15.9. The van der Waals surface area contributed by atoms with E-state index < -0.39 is 0 Å². The van der Waals surface area contributed by atoms with E-state index in [1.165, 1.54) is 4.90 Å². The number of carbonyl (C=O) groups excluding carboxylic acids is 2. The van der Waals surface area contributed by atoms with E-state index in [4.69, 9.17) is 8.83 Å². The fourth-order valence-electron chi connectivity index (χ4n) is 2.83. The normalized spacial score (nSPS) is 10.8. The van der Waals surface area contributed by atoms with Crippen LogP contribution < -0.4 is 10.2 Å². The number of para-hydroxylation sites is 1. The number of anilines is 1. The molecule has 0 atom stereocenters. The summed E-state index contributed by atoms with van der Waals surface area (Å²) in [4.78, 5) is 28.7. The Hall–Kier alpha value is -3.32. The van der Waals surface area contributed by atoms with Gasteiger partial charge in [-0.3, -0.25) is 14.5 Å². The molecular weight excluding hydrogens is 358 g/mol. The van der Waals surface area contributed by atoms with E-state index in [-0.39, 0.29) is 24.9 Å². The summed E-state index contributed by atoms with van der Waals surface area (Å²) in [6.07, 6.45) is 3.16. The summed E-state index contributed by atoms with van der Waals surface area (Å²) < 4.78 is 10.5. The second-order valence-corrected chi connectivity index (χ2v) is 6.48. The number of furan rings is 2. The molecular formula is C21H23N3O4. The van der Waals surface area contributed by atoms with Crippen LogP contribution in [0.5, 0.6) is 0 Å². The molecule has 3 rings (SSSR count). The highest BCUT2D eigenvalue weighted by atomic mass is 16.3. The highest BCUT2D eigenvalue weighted by Gasteiger charge is 2.19. The summed E-state index contributed by atoms with van der Waals surface area (Å²) in [5.41, 5.74) is 0.981. The summed E-state index contributed by atoms with van der Waals surface area (Å²) in [6.45, 7) is 1.00. The minimum Gasteiger partial charge on any atom is -0.468 e. The van der Waals surface area contributed by atoms with Crippen LogP contribution in [-0.4, -0.2) is 37.4 Å². The van der Waals surface area contributed by atoms with Gasteiger partial charge in [0, 0.05) is 7.05 Å². The average Bonchev–Trinajstić information content (AvgIpc) is 3.39. The first-order valence-corrected chi connectivity index (χ1v) is 8.91. The number of nitrogens with zero attached hydrogens (tertiary/aromatic N) is 2. The summed E-state index contributed by atoms with van der Waals surface area (Å²) in [7, 11) is 3.51. The van der Waals surface area contributed by atoms with Crippen molar-refractivity contribution in [1.29, 1.82) is 0 Å². The number of hydrogen-bond donors (Lipinski definition) is 1. The van der Waals surface area contributed by atoms with E-state index in [0.717, 1.165) is 5.76 Å². The Kier molecular flexibility index (Phi) is 6.29. The van der Waals surface area contributed by atoms with Gasteiger partial charge in [-0.25, -0.2) is 0 Å². The molecule has 0 bridgehead atoms. The molecule has 0 spiro atoms. The number of carbonyl (C=O) groups is 2. The SMILES string of the molecule is CN(CC(=O)N(C)c1ccccc1C(=O)NCc1ccco1)Cc1ccco1. The Labute approximate surface area is 163 Å². The Morgan fingerprint density at radius 1 is 0.929 bits per heavy atom. The van der Waals surface area contributed by atoms with Crippen molar-refractivity contribution < 1.29 is 18.4 Å². The van der Waals surface area contributed by atoms with Crippen molar-refractivity contribution in [2.24, 2.45) is 0 Å². The van der Waals surface area contributed by atoms with Crippen LogP contribution in [0.1, 0.15) is 21.9 Å². The first kappa shape index (κ1) is 19.4. The zero-order valence-corrected chi connectivity index (χ0v) is 15.9. The quantitative estimate of drug-likeness (QED) is 0.649. The van der Waals surface area contributed by atoms with E-state index in [1.807, 2.05) is 24.1 Å². The number of rotatable bonds is 8. The van der Waals surface area contributed by atoms with Gasteiger partial charge in [-0.1, -0.05) is 12.1 Å². The molecule has 0 aliphatic rings. The maximum Gasteiger partial charge on any atom is 0.253 e. The largest absolute Gasteiger partial charge is 0.468 e.